The van der Waals surface area contributed by atoms with E-state index in [4.69, 9.17) is 4.98 Å². The fourth-order valence-corrected chi connectivity index (χ4v) is 5.67. The molecule has 0 spiro atoms. The van der Waals surface area contributed by atoms with E-state index in [1.165, 1.54) is 44.3 Å². The molecule has 4 heteroatoms. The number of para-hydroxylation sites is 4. The van der Waals surface area contributed by atoms with Gasteiger partial charge in [0.2, 0.25) is 5.95 Å². The Balaban J connectivity index is 1.51. The van der Waals surface area contributed by atoms with E-state index in [2.05, 4.69) is 126 Å². The molecule has 0 N–H and O–H groups in total. The smallest absolute Gasteiger partial charge is 0.211 e. The lowest BCUT2D eigenvalue weighted by atomic mass is 9.89. The summed E-state index contributed by atoms with van der Waals surface area (Å²) in [5, 5.41) is 2.56. The van der Waals surface area contributed by atoms with E-state index in [0.29, 0.717) is 0 Å². The van der Waals surface area contributed by atoms with Crippen molar-refractivity contribution < 1.29 is 0 Å². The van der Waals surface area contributed by atoms with Crippen molar-refractivity contribution in [1.82, 2.24) is 14.1 Å². The van der Waals surface area contributed by atoms with Crippen molar-refractivity contribution in [1.29, 1.82) is 0 Å². The second-order valence-electron chi connectivity index (χ2n) is 9.43. The standard InChI is InChI=1S/C29H24N4/c1-29(2)22-17-16-19(32-24-13-7-4-10-20(24)21-11-5-8-14-25(21)32)18-27(22)31(3)28-30-23-12-6-9-15-26(23)33(28)29/h4-18H,1-3H3. The van der Waals surface area contributed by atoms with E-state index in [1.807, 2.05) is 0 Å². The van der Waals surface area contributed by atoms with Crippen molar-refractivity contribution in [2.24, 2.45) is 0 Å². The summed E-state index contributed by atoms with van der Waals surface area (Å²) in [6.07, 6.45) is 0. The number of benzene rings is 4. The van der Waals surface area contributed by atoms with Gasteiger partial charge in [-0.2, -0.15) is 0 Å². The SMILES string of the molecule is CN1c2cc(-n3c4ccccc4c4ccccc43)ccc2C(C)(C)n2c1nc1ccccc12. The van der Waals surface area contributed by atoms with Gasteiger partial charge in [-0.1, -0.05) is 54.6 Å². The minimum Gasteiger partial charge on any atom is -0.315 e. The van der Waals surface area contributed by atoms with Gasteiger partial charge in [0.15, 0.2) is 0 Å². The van der Waals surface area contributed by atoms with E-state index in [-0.39, 0.29) is 5.54 Å². The molecule has 0 aliphatic carbocycles. The van der Waals surface area contributed by atoms with Gasteiger partial charge in [0.25, 0.3) is 0 Å². The lowest BCUT2D eigenvalue weighted by Crippen LogP contribution is -2.37. The van der Waals surface area contributed by atoms with Crippen LogP contribution < -0.4 is 4.90 Å². The highest BCUT2D eigenvalue weighted by Gasteiger charge is 2.37. The Morgan fingerprint density at radius 1 is 0.697 bits per heavy atom. The van der Waals surface area contributed by atoms with Gasteiger partial charge in [-0.05, 0) is 50.2 Å². The van der Waals surface area contributed by atoms with Gasteiger partial charge in [-0.15, -0.1) is 0 Å². The number of hydrogen-bond acceptors (Lipinski definition) is 2. The van der Waals surface area contributed by atoms with Gasteiger partial charge < -0.3 is 14.0 Å². The average molecular weight is 429 g/mol. The Kier molecular flexibility index (Phi) is 3.51. The number of rotatable bonds is 1. The van der Waals surface area contributed by atoms with Gasteiger partial charge in [0, 0.05) is 29.1 Å². The largest absolute Gasteiger partial charge is 0.315 e. The van der Waals surface area contributed by atoms with Crippen LogP contribution in [0.25, 0.3) is 38.5 Å². The normalized spacial score (nSPS) is 14.7. The first-order valence-corrected chi connectivity index (χ1v) is 11.4. The number of aromatic nitrogens is 3. The zero-order valence-electron chi connectivity index (χ0n) is 18.9. The first-order valence-electron chi connectivity index (χ1n) is 11.4. The molecule has 0 atom stereocenters. The minimum atomic E-state index is -0.216. The number of fused-ring (bicyclic) bond motifs is 7. The second kappa shape index (κ2) is 6.26. The van der Waals surface area contributed by atoms with Crippen LogP contribution in [0.2, 0.25) is 0 Å². The van der Waals surface area contributed by atoms with Crippen LogP contribution >= 0.6 is 0 Å². The Hall–Kier alpha value is -4.05. The Morgan fingerprint density at radius 3 is 2.00 bits per heavy atom. The molecule has 0 saturated carbocycles. The summed E-state index contributed by atoms with van der Waals surface area (Å²) < 4.78 is 4.74. The molecule has 1 aliphatic rings. The molecule has 33 heavy (non-hydrogen) atoms. The zero-order chi connectivity index (χ0) is 22.3. The fourth-order valence-electron chi connectivity index (χ4n) is 5.67. The second-order valence-corrected chi connectivity index (χ2v) is 9.43. The van der Waals surface area contributed by atoms with Crippen LogP contribution in [0.5, 0.6) is 0 Å². The van der Waals surface area contributed by atoms with Gasteiger partial charge in [0.1, 0.15) is 0 Å². The summed E-state index contributed by atoms with van der Waals surface area (Å²) in [5.41, 5.74) is 8.09. The van der Waals surface area contributed by atoms with E-state index < -0.39 is 0 Å². The minimum absolute atomic E-state index is 0.216. The molecule has 0 bridgehead atoms. The molecule has 2 aromatic heterocycles. The zero-order valence-corrected chi connectivity index (χ0v) is 18.9. The predicted molar refractivity (Wildman–Crippen MR) is 137 cm³/mol. The van der Waals surface area contributed by atoms with Crippen LogP contribution in [-0.2, 0) is 5.54 Å². The highest BCUT2D eigenvalue weighted by molar-refractivity contribution is 6.09. The monoisotopic (exact) mass is 428 g/mol. The molecule has 0 radical (unpaired) electrons. The number of hydrogen-bond donors (Lipinski definition) is 0. The van der Waals surface area contributed by atoms with E-state index in [9.17, 15) is 0 Å². The molecule has 0 amide bonds. The van der Waals surface area contributed by atoms with Gasteiger partial charge >= 0.3 is 0 Å². The quantitative estimate of drug-likeness (QED) is 0.282. The average Bonchev–Trinajstić information content (AvgIpc) is 3.40. The van der Waals surface area contributed by atoms with Crippen molar-refractivity contribution in [3.05, 3.63) is 96.6 Å². The van der Waals surface area contributed by atoms with Crippen LogP contribution in [0, 0.1) is 0 Å². The predicted octanol–water partition coefficient (Wildman–Crippen LogP) is 7.00. The van der Waals surface area contributed by atoms with Gasteiger partial charge in [-0.25, -0.2) is 4.98 Å². The van der Waals surface area contributed by atoms with E-state index >= 15 is 0 Å². The van der Waals surface area contributed by atoms with E-state index in [1.54, 1.807) is 0 Å². The molecule has 7 rings (SSSR count). The maximum absolute atomic E-state index is 5.00. The molecule has 3 heterocycles. The highest BCUT2D eigenvalue weighted by atomic mass is 15.3. The maximum atomic E-state index is 5.00. The van der Waals surface area contributed by atoms with Crippen LogP contribution in [0.1, 0.15) is 19.4 Å². The lowest BCUT2D eigenvalue weighted by Gasteiger charge is -2.40. The molecule has 4 nitrogen and oxygen atoms in total. The molecular weight excluding hydrogens is 404 g/mol. The summed E-state index contributed by atoms with van der Waals surface area (Å²) >= 11 is 0. The number of nitrogens with zero attached hydrogens (tertiary/aromatic N) is 4. The maximum Gasteiger partial charge on any atom is 0.211 e. The topological polar surface area (TPSA) is 26.0 Å². The summed E-state index contributed by atoms with van der Waals surface area (Å²) in [7, 11) is 2.13. The first-order chi connectivity index (χ1) is 16.1. The Labute approximate surface area is 192 Å². The van der Waals surface area contributed by atoms with Crippen molar-refractivity contribution in [3.63, 3.8) is 0 Å². The van der Waals surface area contributed by atoms with Gasteiger partial charge in [-0.3, -0.25) is 0 Å². The molecule has 160 valence electrons. The number of anilines is 2. The van der Waals surface area contributed by atoms with E-state index in [0.717, 1.165) is 11.5 Å². The van der Waals surface area contributed by atoms with Crippen molar-refractivity contribution >= 4 is 44.5 Å². The third-order valence-corrected chi connectivity index (χ3v) is 7.24. The summed E-state index contributed by atoms with van der Waals surface area (Å²) in [6.45, 7) is 4.58. The summed E-state index contributed by atoms with van der Waals surface area (Å²) in [5.74, 6) is 0.980. The molecule has 0 fully saturated rings. The van der Waals surface area contributed by atoms with Gasteiger partial charge in [0.05, 0.1) is 33.3 Å². The molecule has 6 aromatic rings. The highest BCUT2D eigenvalue weighted by Crippen LogP contribution is 2.46. The van der Waals surface area contributed by atoms with Crippen molar-refractivity contribution in [2.45, 2.75) is 19.4 Å². The third-order valence-electron chi connectivity index (χ3n) is 7.24. The van der Waals surface area contributed by atoms with Crippen LogP contribution in [0.4, 0.5) is 11.6 Å². The summed E-state index contributed by atoms with van der Waals surface area (Å²) in [6, 6.07) is 32.6. The Bertz CT molecular complexity index is 1660. The fraction of sp³-hybridized carbons (Fsp3) is 0.138. The molecule has 1 aliphatic heterocycles. The number of imidazole rings is 1. The lowest BCUT2D eigenvalue weighted by molar-refractivity contribution is 0.440. The van der Waals surface area contributed by atoms with Crippen LogP contribution in [0.15, 0.2) is 91.0 Å². The van der Waals surface area contributed by atoms with Crippen molar-refractivity contribution in [3.8, 4) is 5.69 Å². The first kappa shape index (κ1) is 18.5. The molecule has 4 aromatic carbocycles. The molecular formula is C29H24N4. The Morgan fingerprint density at radius 2 is 1.30 bits per heavy atom. The summed E-state index contributed by atoms with van der Waals surface area (Å²) in [4.78, 5) is 7.24. The molecule has 0 saturated heterocycles. The van der Waals surface area contributed by atoms with Crippen LogP contribution in [0.3, 0.4) is 0 Å². The third kappa shape index (κ3) is 2.33. The van der Waals surface area contributed by atoms with Crippen LogP contribution in [-0.4, -0.2) is 21.2 Å². The van der Waals surface area contributed by atoms with Crippen molar-refractivity contribution in [2.75, 3.05) is 11.9 Å². The molecule has 0 unspecified atom stereocenters.